The van der Waals surface area contributed by atoms with Crippen molar-refractivity contribution in [3.8, 4) is 0 Å². The SMILES string of the molecule is CC(I)(CI)C(=O)OC1CCS(=O)(=O)C1. The van der Waals surface area contributed by atoms with Gasteiger partial charge in [0, 0.05) is 4.43 Å². The molecule has 1 heterocycles. The number of rotatable bonds is 3. The summed E-state index contributed by atoms with van der Waals surface area (Å²) in [7, 11) is -2.97. The van der Waals surface area contributed by atoms with Gasteiger partial charge in [0.2, 0.25) is 0 Å². The number of halogens is 2. The highest BCUT2D eigenvalue weighted by atomic mass is 127. The van der Waals surface area contributed by atoms with Gasteiger partial charge in [0.1, 0.15) is 9.53 Å². The summed E-state index contributed by atoms with van der Waals surface area (Å²) in [6.45, 7) is 1.78. The molecule has 1 rings (SSSR count). The van der Waals surface area contributed by atoms with Crippen LogP contribution in [0, 0.1) is 0 Å². The monoisotopic (exact) mass is 458 g/mol. The van der Waals surface area contributed by atoms with Crippen LogP contribution in [0.5, 0.6) is 0 Å². The van der Waals surface area contributed by atoms with Crippen molar-refractivity contribution in [3.63, 3.8) is 0 Å². The highest BCUT2D eigenvalue weighted by molar-refractivity contribution is 14.1. The lowest BCUT2D eigenvalue weighted by Gasteiger charge is -2.20. The largest absolute Gasteiger partial charge is 0.460 e. The predicted octanol–water partition coefficient (Wildman–Crippen LogP) is 1.35. The molecule has 0 spiro atoms. The summed E-state index contributed by atoms with van der Waals surface area (Å²) in [5, 5.41) is 0. The van der Waals surface area contributed by atoms with Crippen LogP contribution in [0.1, 0.15) is 13.3 Å². The topological polar surface area (TPSA) is 60.4 Å². The smallest absolute Gasteiger partial charge is 0.322 e. The van der Waals surface area contributed by atoms with E-state index in [0.29, 0.717) is 10.8 Å². The molecule has 0 saturated carbocycles. The van der Waals surface area contributed by atoms with E-state index in [1.54, 1.807) is 6.92 Å². The van der Waals surface area contributed by atoms with Crippen LogP contribution in [-0.2, 0) is 19.4 Å². The van der Waals surface area contributed by atoms with Crippen molar-refractivity contribution < 1.29 is 17.9 Å². The van der Waals surface area contributed by atoms with Crippen molar-refractivity contribution in [3.05, 3.63) is 0 Å². The van der Waals surface area contributed by atoms with E-state index in [4.69, 9.17) is 4.74 Å². The third-order valence-corrected chi connectivity index (χ3v) is 7.69. The minimum atomic E-state index is -2.97. The molecular formula is C8H12I2O4S. The molecule has 7 heteroatoms. The Hall–Kier alpha value is 0.880. The van der Waals surface area contributed by atoms with Gasteiger partial charge in [0.15, 0.2) is 9.84 Å². The maximum absolute atomic E-state index is 11.6. The van der Waals surface area contributed by atoms with E-state index in [0.717, 1.165) is 0 Å². The van der Waals surface area contributed by atoms with Gasteiger partial charge in [-0.2, -0.15) is 0 Å². The molecule has 2 unspecified atom stereocenters. The van der Waals surface area contributed by atoms with E-state index >= 15 is 0 Å². The first-order valence-corrected chi connectivity index (χ1v) is 8.86. The molecule has 2 atom stereocenters. The molecule has 1 fully saturated rings. The molecule has 0 N–H and O–H groups in total. The van der Waals surface area contributed by atoms with Crippen LogP contribution >= 0.6 is 45.2 Å². The van der Waals surface area contributed by atoms with Crippen molar-refractivity contribution in [2.75, 3.05) is 15.9 Å². The Morgan fingerprint density at radius 3 is 2.60 bits per heavy atom. The van der Waals surface area contributed by atoms with E-state index < -0.39 is 19.4 Å². The molecule has 88 valence electrons. The van der Waals surface area contributed by atoms with Gasteiger partial charge < -0.3 is 4.74 Å². The molecule has 1 aliphatic heterocycles. The number of carbonyl (C=O) groups is 1. The number of hydrogen-bond acceptors (Lipinski definition) is 4. The zero-order valence-electron chi connectivity index (χ0n) is 8.20. The summed E-state index contributed by atoms with van der Waals surface area (Å²) in [4.78, 5) is 11.6. The third-order valence-electron chi connectivity index (χ3n) is 2.14. The van der Waals surface area contributed by atoms with Crippen LogP contribution in [0.25, 0.3) is 0 Å². The zero-order chi connectivity index (χ0) is 11.7. The fraction of sp³-hybridized carbons (Fsp3) is 0.875. The van der Waals surface area contributed by atoms with Crippen LogP contribution in [-0.4, -0.2) is 39.8 Å². The summed E-state index contributed by atoms with van der Waals surface area (Å²) in [5.74, 6) is -0.209. The Balaban J connectivity index is 2.54. The summed E-state index contributed by atoms with van der Waals surface area (Å²) >= 11 is 4.14. The first-order valence-electron chi connectivity index (χ1n) is 4.43. The molecule has 0 aliphatic carbocycles. The number of sulfone groups is 1. The minimum Gasteiger partial charge on any atom is -0.460 e. The molecule has 0 aromatic carbocycles. The summed E-state index contributed by atoms with van der Waals surface area (Å²) in [6.07, 6.45) is -0.0123. The molecule has 4 nitrogen and oxygen atoms in total. The fourth-order valence-corrected chi connectivity index (χ4v) is 3.21. The second kappa shape index (κ2) is 5.03. The lowest BCUT2D eigenvalue weighted by Crippen LogP contribution is -2.35. The van der Waals surface area contributed by atoms with Crippen molar-refractivity contribution in [2.45, 2.75) is 22.9 Å². The van der Waals surface area contributed by atoms with E-state index in [2.05, 4.69) is 22.6 Å². The van der Waals surface area contributed by atoms with Crippen molar-refractivity contribution >= 4 is 61.0 Å². The highest BCUT2D eigenvalue weighted by Gasteiger charge is 2.36. The molecule has 0 aromatic rings. The van der Waals surface area contributed by atoms with Gasteiger partial charge in [0.25, 0.3) is 0 Å². The molecule has 1 aliphatic rings. The Bertz CT molecular complexity index is 350. The maximum atomic E-state index is 11.6. The van der Waals surface area contributed by atoms with Gasteiger partial charge in [-0.1, -0.05) is 45.2 Å². The van der Waals surface area contributed by atoms with E-state index in [9.17, 15) is 13.2 Å². The van der Waals surface area contributed by atoms with Gasteiger partial charge in [-0.25, -0.2) is 8.42 Å². The van der Waals surface area contributed by atoms with Crippen LogP contribution in [0.2, 0.25) is 0 Å². The van der Waals surface area contributed by atoms with E-state index in [1.165, 1.54) is 0 Å². The van der Waals surface area contributed by atoms with Crippen LogP contribution in [0.4, 0.5) is 0 Å². The van der Waals surface area contributed by atoms with Gasteiger partial charge in [-0.05, 0) is 13.3 Å². The Morgan fingerprint density at radius 1 is 1.60 bits per heavy atom. The third kappa shape index (κ3) is 3.99. The second-order valence-corrected chi connectivity index (χ2v) is 9.13. The molecule has 0 aromatic heterocycles. The standard InChI is InChI=1S/C8H12I2O4S/c1-8(10,5-9)7(11)14-6-2-3-15(12,13)4-6/h6H,2-5H2,1H3. The Labute approximate surface area is 117 Å². The maximum Gasteiger partial charge on any atom is 0.322 e. The minimum absolute atomic E-state index is 0.0211. The second-order valence-electron chi connectivity index (χ2n) is 3.76. The average Bonchev–Trinajstić information content (AvgIpc) is 2.45. The molecule has 0 radical (unpaired) electrons. The zero-order valence-corrected chi connectivity index (χ0v) is 13.3. The van der Waals surface area contributed by atoms with Crippen LogP contribution in [0.15, 0.2) is 0 Å². The average molecular weight is 458 g/mol. The van der Waals surface area contributed by atoms with Gasteiger partial charge in [-0.3, -0.25) is 4.79 Å². The van der Waals surface area contributed by atoms with Gasteiger partial charge >= 0.3 is 5.97 Å². The van der Waals surface area contributed by atoms with Crippen LogP contribution < -0.4 is 0 Å². The quantitative estimate of drug-likeness (QED) is 0.364. The van der Waals surface area contributed by atoms with Crippen molar-refractivity contribution in [1.29, 1.82) is 0 Å². The summed E-state index contributed by atoms with van der Waals surface area (Å²) in [5.41, 5.74) is 0. The number of esters is 1. The predicted molar refractivity (Wildman–Crippen MR) is 74.5 cm³/mol. The normalized spacial score (nSPS) is 28.3. The number of carbonyl (C=O) groups excluding carboxylic acids is 1. The molecule has 0 bridgehead atoms. The number of ether oxygens (including phenoxy) is 1. The molecule has 0 amide bonds. The Morgan fingerprint density at radius 2 is 2.20 bits per heavy atom. The number of alkyl halides is 2. The van der Waals surface area contributed by atoms with E-state index in [-0.39, 0.29) is 17.5 Å². The Kier molecular flexibility index (Phi) is 4.67. The number of hydrogen-bond donors (Lipinski definition) is 0. The first-order chi connectivity index (χ1) is 6.77. The molecule has 15 heavy (non-hydrogen) atoms. The lowest BCUT2D eigenvalue weighted by molar-refractivity contribution is -0.149. The summed E-state index contributed by atoms with van der Waals surface area (Å²) < 4.78 is 27.5. The molecular weight excluding hydrogens is 446 g/mol. The lowest BCUT2D eigenvalue weighted by atomic mass is 10.2. The van der Waals surface area contributed by atoms with Gasteiger partial charge in [-0.15, -0.1) is 0 Å². The summed E-state index contributed by atoms with van der Waals surface area (Å²) in [6, 6.07) is 0. The highest BCUT2D eigenvalue weighted by Crippen LogP contribution is 2.25. The van der Waals surface area contributed by atoms with Gasteiger partial charge in [0.05, 0.1) is 11.5 Å². The van der Waals surface area contributed by atoms with Crippen molar-refractivity contribution in [1.82, 2.24) is 0 Å². The molecule has 1 saturated heterocycles. The fourth-order valence-electron chi connectivity index (χ4n) is 1.18. The van der Waals surface area contributed by atoms with Crippen molar-refractivity contribution in [2.24, 2.45) is 0 Å². The first kappa shape index (κ1) is 13.9. The van der Waals surface area contributed by atoms with Crippen LogP contribution in [0.3, 0.4) is 0 Å². The van der Waals surface area contributed by atoms with E-state index in [1.807, 2.05) is 22.6 Å².